The number of carbonyl (C=O) groups is 1. The molecule has 1 amide bonds. The number of anilines is 1. The van der Waals surface area contributed by atoms with Gasteiger partial charge in [0.2, 0.25) is 5.91 Å². The molecule has 0 radical (unpaired) electrons. The fourth-order valence-electron chi connectivity index (χ4n) is 4.78. The molecule has 166 valence electrons. The highest BCUT2D eigenvalue weighted by Gasteiger charge is 2.25. The fraction of sp³-hybridized carbons (Fsp3) is 0.367. The normalized spacial score (nSPS) is 14.8. The van der Waals surface area contributed by atoms with Gasteiger partial charge >= 0.3 is 0 Å². The second-order valence-corrected chi connectivity index (χ2v) is 11.0. The highest BCUT2D eigenvalue weighted by molar-refractivity contribution is 5.97. The van der Waals surface area contributed by atoms with Gasteiger partial charge in [-0.3, -0.25) is 4.79 Å². The van der Waals surface area contributed by atoms with Crippen LogP contribution in [0.2, 0.25) is 0 Å². The number of rotatable bonds is 3. The first-order chi connectivity index (χ1) is 15.1. The Hall–Kier alpha value is -2.87. The van der Waals surface area contributed by atoms with Crippen molar-refractivity contribution in [3.63, 3.8) is 0 Å². The Kier molecular flexibility index (Phi) is 5.75. The fourth-order valence-corrected chi connectivity index (χ4v) is 4.78. The van der Waals surface area contributed by atoms with Crippen molar-refractivity contribution in [2.75, 3.05) is 11.4 Å². The summed E-state index contributed by atoms with van der Waals surface area (Å²) in [6.07, 6.45) is 1.56. The Balaban J connectivity index is 1.98. The van der Waals surface area contributed by atoms with Crippen LogP contribution < -0.4 is 4.90 Å². The molecule has 0 unspecified atom stereocenters. The Morgan fingerprint density at radius 1 is 0.688 bits per heavy atom. The first kappa shape index (κ1) is 22.3. The zero-order valence-corrected chi connectivity index (χ0v) is 20.3. The Bertz CT molecular complexity index is 1070. The van der Waals surface area contributed by atoms with Crippen molar-refractivity contribution in [3.8, 4) is 22.3 Å². The number of hydrogen-bond donors (Lipinski definition) is 0. The molecule has 3 aromatic carbocycles. The van der Waals surface area contributed by atoms with Gasteiger partial charge in [0.1, 0.15) is 0 Å². The quantitative estimate of drug-likeness (QED) is 0.420. The highest BCUT2D eigenvalue weighted by atomic mass is 16.2. The lowest BCUT2D eigenvalue weighted by Crippen LogP contribution is -2.23. The van der Waals surface area contributed by atoms with Gasteiger partial charge in [-0.05, 0) is 68.8 Å². The molecule has 0 bridgehead atoms. The Morgan fingerprint density at radius 2 is 1.16 bits per heavy atom. The van der Waals surface area contributed by atoms with E-state index in [4.69, 9.17) is 0 Å². The second-order valence-electron chi connectivity index (χ2n) is 11.0. The van der Waals surface area contributed by atoms with Gasteiger partial charge in [0.05, 0.1) is 0 Å². The van der Waals surface area contributed by atoms with Crippen LogP contribution >= 0.6 is 0 Å². The van der Waals surface area contributed by atoms with Gasteiger partial charge in [-0.2, -0.15) is 0 Å². The summed E-state index contributed by atoms with van der Waals surface area (Å²) < 4.78 is 0. The zero-order valence-electron chi connectivity index (χ0n) is 20.3. The molecule has 0 spiro atoms. The van der Waals surface area contributed by atoms with Crippen LogP contribution in [0.25, 0.3) is 22.3 Å². The molecular weight excluding hydrogens is 390 g/mol. The SMILES string of the molecule is CC(C)(C)c1ccccc1-c1cc(-c2ccccc2C(C)(C)C)cc(N2CCCC2=O)c1. The molecule has 0 aliphatic carbocycles. The maximum absolute atomic E-state index is 12.6. The number of amides is 1. The maximum atomic E-state index is 12.6. The van der Waals surface area contributed by atoms with Crippen molar-refractivity contribution in [2.45, 2.75) is 65.2 Å². The molecule has 1 fully saturated rings. The molecule has 2 nitrogen and oxygen atoms in total. The van der Waals surface area contributed by atoms with Crippen molar-refractivity contribution >= 4 is 11.6 Å². The third-order valence-corrected chi connectivity index (χ3v) is 6.40. The second kappa shape index (κ2) is 8.24. The lowest BCUT2D eigenvalue weighted by atomic mass is 9.80. The first-order valence-corrected chi connectivity index (χ1v) is 11.7. The summed E-state index contributed by atoms with van der Waals surface area (Å²) in [5.41, 5.74) is 8.52. The van der Waals surface area contributed by atoms with Gasteiger partial charge in [-0.1, -0.05) is 90.1 Å². The average molecular weight is 426 g/mol. The number of hydrogen-bond acceptors (Lipinski definition) is 1. The van der Waals surface area contributed by atoms with Crippen LogP contribution in [0, 0.1) is 0 Å². The third kappa shape index (κ3) is 4.37. The van der Waals surface area contributed by atoms with E-state index in [0.29, 0.717) is 6.42 Å². The summed E-state index contributed by atoms with van der Waals surface area (Å²) in [6, 6.07) is 24.1. The molecule has 1 heterocycles. The van der Waals surface area contributed by atoms with Gasteiger partial charge in [0.15, 0.2) is 0 Å². The van der Waals surface area contributed by atoms with Crippen LogP contribution in [0.4, 0.5) is 5.69 Å². The van der Waals surface area contributed by atoms with Gasteiger partial charge in [0.25, 0.3) is 0 Å². The average Bonchev–Trinajstić information content (AvgIpc) is 3.18. The van der Waals surface area contributed by atoms with E-state index < -0.39 is 0 Å². The lowest BCUT2D eigenvalue weighted by Gasteiger charge is -2.26. The molecule has 1 saturated heterocycles. The summed E-state index contributed by atoms with van der Waals surface area (Å²) in [5, 5.41) is 0. The third-order valence-electron chi connectivity index (χ3n) is 6.40. The topological polar surface area (TPSA) is 20.3 Å². The minimum atomic E-state index is 0.0273. The standard InChI is InChI=1S/C30H35NO/c1-29(2,3)26-14-9-7-12-24(26)21-18-22(20-23(19-21)31-17-11-16-28(31)32)25-13-8-10-15-27(25)30(4,5)6/h7-10,12-15,18-20H,11,16-17H2,1-6H3. The summed E-state index contributed by atoms with van der Waals surface area (Å²) >= 11 is 0. The van der Waals surface area contributed by atoms with Crippen LogP contribution in [-0.4, -0.2) is 12.5 Å². The van der Waals surface area contributed by atoms with Crippen LogP contribution in [0.15, 0.2) is 66.7 Å². The number of carbonyl (C=O) groups excluding carboxylic acids is 1. The van der Waals surface area contributed by atoms with Gasteiger partial charge < -0.3 is 4.90 Å². The van der Waals surface area contributed by atoms with E-state index in [9.17, 15) is 4.79 Å². The van der Waals surface area contributed by atoms with Crippen LogP contribution in [0.1, 0.15) is 65.5 Å². The van der Waals surface area contributed by atoms with E-state index in [1.165, 1.54) is 33.4 Å². The van der Waals surface area contributed by atoms with E-state index in [2.05, 4.69) is 108 Å². The minimum Gasteiger partial charge on any atom is -0.312 e. The minimum absolute atomic E-state index is 0.0273. The van der Waals surface area contributed by atoms with Crippen molar-refractivity contribution < 1.29 is 4.79 Å². The number of benzene rings is 3. The van der Waals surface area contributed by atoms with Crippen molar-refractivity contribution in [1.29, 1.82) is 0 Å². The van der Waals surface area contributed by atoms with Gasteiger partial charge in [0, 0.05) is 18.7 Å². The Labute approximate surface area is 193 Å². The van der Waals surface area contributed by atoms with Gasteiger partial charge in [-0.25, -0.2) is 0 Å². The monoisotopic (exact) mass is 425 g/mol. The summed E-state index contributed by atoms with van der Waals surface area (Å²) in [6.45, 7) is 14.4. The molecule has 0 aromatic heterocycles. The zero-order chi connectivity index (χ0) is 23.1. The van der Waals surface area contributed by atoms with Crippen molar-refractivity contribution in [2.24, 2.45) is 0 Å². The molecule has 32 heavy (non-hydrogen) atoms. The van der Waals surface area contributed by atoms with Crippen LogP contribution in [-0.2, 0) is 15.6 Å². The highest BCUT2D eigenvalue weighted by Crippen LogP contribution is 2.40. The molecule has 3 aromatic rings. The summed E-state index contributed by atoms with van der Waals surface area (Å²) in [4.78, 5) is 14.6. The van der Waals surface area contributed by atoms with E-state index in [1.54, 1.807) is 0 Å². The van der Waals surface area contributed by atoms with E-state index in [-0.39, 0.29) is 16.7 Å². The van der Waals surface area contributed by atoms with E-state index >= 15 is 0 Å². The molecule has 0 N–H and O–H groups in total. The van der Waals surface area contributed by atoms with Gasteiger partial charge in [-0.15, -0.1) is 0 Å². The molecule has 4 rings (SSSR count). The Morgan fingerprint density at radius 3 is 1.56 bits per heavy atom. The molecular formula is C30H35NO. The van der Waals surface area contributed by atoms with E-state index in [1.807, 2.05) is 4.90 Å². The first-order valence-electron chi connectivity index (χ1n) is 11.7. The molecule has 1 aliphatic rings. The molecule has 0 atom stereocenters. The molecule has 2 heteroatoms. The lowest BCUT2D eigenvalue weighted by molar-refractivity contribution is -0.117. The summed E-state index contributed by atoms with van der Waals surface area (Å²) in [5.74, 6) is 0.223. The molecule has 1 aliphatic heterocycles. The number of nitrogens with zero attached hydrogens (tertiary/aromatic N) is 1. The van der Waals surface area contributed by atoms with Crippen LogP contribution in [0.5, 0.6) is 0 Å². The largest absolute Gasteiger partial charge is 0.312 e. The predicted molar refractivity (Wildman–Crippen MR) is 136 cm³/mol. The van der Waals surface area contributed by atoms with Crippen molar-refractivity contribution in [3.05, 3.63) is 77.9 Å². The molecule has 0 saturated carbocycles. The smallest absolute Gasteiger partial charge is 0.227 e. The van der Waals surface area contributed by atoms with E-state index in [0.717, 1.165) is 18.7 Å². The van der Waals surface area contributed by atoms with Crippen LogP contribution in [0.3, 0.4) is 0 Å². The predicted octanol–water partition coefficient (Wildman–Crippen LogP) is 7.74. The summed E-state index contributed by atoms with van der Waals surface area (Å²) in [7, 11) is 0. The van der Waals surface area contributed by atoms with Crippen molar-refractivity contribution in [1.82, 2.24) is 0 Å². The maximum Gasteiger partial charge on any atom is 0.227 e.